The summed E-state index contributed by atoms with van der Waals surface area (Å²) >= 11 is -2.61. The van der Waals surface area contributed by atoms with E-state index in [0.29, 0.717) is 12.8 Å². The number of carbonyl (C=O) groups excluding carboxylic acids is 2. The molecule has 0 amide bonds. The molecule has 0 saturated carbocycles. The first-order valence-corrected chi connectivity index (χ1v) is 7.67. The molecule has 2 aliphatic heterocycles. The lowest BCUT2D eigenvalue weighted by Crippen LogP contribution is -2.43. The highest BCUT2D eigenvalue weighted by molar-refractivity contribution is 7.74. The van der Waals surface area contributed by atoms with Crippen LogP contribution in [0.15, 0.2) is 12.2 Å². The van der Waals surface area contributed by atoms with Crippen LogP contribution in [0.2, 0.25) is 0 Å². The zero-order valence-electron chi connectivity index (χ0n) is 12.2. The minimum Gasteiger partial charge on any atom is -0.750 e. The van der Waals surface area contributed by atoms with Crippen molar-refractivity contribution in [2.75, 3.05) is 6.61 Å². The van der Waals surface area contributed by atoms with Crippen LogP contribution in [0.25, 0.3) is 0 Å². The van der Waals surface area contributed by atoms with Crippen molar-refractivity contribution >= 4 is 23.3 Å². The van der Waals surface area contributed by atoms with Crippen LogP contribution in [0.4, 0.5) is 0 Å². The maximum absolute atomic E-state index is 11.7. The fraction of sp³-hybridized carbons (Fsp3) is 0.692. The Balaban J connectivity index is 1.84. The first-order chi connectivity index (χ1) is 10.2. The lowest BCUT2D eigenvalue weighted by Gasteiger charge is -2.30. The highest BCUT2D eigenvalue weighted by atomic mass is 32.2. The maximum Gasteiger partial charge on any atom is 0.344 e. The molecule has 0 aliphatic carbocycles. The first-order valence-electron chi connectivity index (χ1n) is 6.67. The highest BCUT2D eigenvalue weighted by Crippen LogP contribution is 2.46. The van der Waals surface area contributed by atoms with Gasteiger partial charge in [0.05, 0.1) is 17.5 Å². The van der Waals surface area contributed by atoms with Crippen molar-refractivity contribution in [3.05, 3.63) is 12.2 Å². The van der Waals surface area contributed by atoms with E-state index >= 15 is 0 Å². The van der Waals surface area contributed by atoms with Gasteiger partial charge in [0.1, 0.15) is 17.8 Å². The van der Waals surface area contributed by atoms with Gasteiger partial charge in [-0.3, -0.25) is 4.18 Å². The maximum atomic E-state index is 11.7. The molecule has 2 aliphatic rings. The summed E-state index contributed by atoms with van der Waals surface area (Å²) in [4.78, 5) is 22.9. The largest absolute Gasteiger partial charge is 0.750 e. The average Bonchev–Trinajstić information content (AvgIpc) is 2.87. The number of esters is 2. The molecule has 2 rings (SSSR count). The van der Waals surface area contributed by atoms with Crippen molar-refractivity contribution in [2.45, 2.75) is 50.6 Å². The van der Waals surface area contributed by atoms with Gasteiger partial charge in [0.25, 0.3) is 0 Å². The van der Waals surface area contributed by atoms with E-state index in [-0.39, 0.29) is 5.57 Å². The van der Waals surface area contributed by atoms with E-state index in [0.717, 1.165) is 0 Å². The van der Waals surface area contributed by atoms with Crippen LogP contribution < -0.4 is 0 Å². The van der Waals surface area contributed by atoms with Gasteiger partial charge in [0, 0.05) is 18.4 Å². The molecule has 0 spiro atoms. The van der Waals surface area contributed by atoms with Gasteiger partial charge in [-0.25, -0.2) is 13.8 Å². The van der Waals surface area contributed by atoms with Gasteiger partial charge in [0.2, 0.25) is 0 Å². The van der Waals surface area contributed by atoms with E-state index in [2.05, 4.69) is 6.58 Å². The molecule has 5 unspecified atom stereocenters. The van der Waals surface area contributed by atoms with Gasteiger partial charge in [-0.15, -0.1) is 0 Å². The molecule has 0 aromatic heterocycles. The fourth-order valence-electron chi connectivity index (χ4n) is 2.68. The molecule has 0 aromatic carbocycles. The highest BCUT2D eigenvalue weighted by Gasteiger charge is 2.58. The molecular weight excluding hydrogens is 316 g/mol. The first kappa shape index (κ1) is 17.1. The summed E-state index contributed by atoms with van der Waals surface area (Å²) in [6, 6.07) is 0. The Morgan fingerprint density at radius 2 is 2.18 bits per heavy atom. The standard InChI is InChI=1S/C13H18O8S/c1-7(2)12(15)18-6-11(14)19-10-4-8-9(21-22(16)17)5-13(10,3)20-8/h8-10H,1,4-6H2,2-3H3,(H,16,17)/p-1. The second kappa shape index (κ2) is 6.45. The second-order valence-corrected chi connectivity index (χ2v) is 6.18. The lowest BCUT2D eigenvalue weighted by molar-refractivity contribution is -0.166. The summed E-state index contributed by atoms with van der Waals surface area (Å²) < 4.78 is 41.5. The van der Waals surface area contributed by atoms with Crippen molar-refractivity contribution in [3.63, 3.8) is 0 Å². The minimum absolute atomic E-state index is 0.189. The predicted octanol–water partition coefficient (Wildman–Crippen LogP) is 0.148. The third-order valence-electron chi connectivity index (χ3n) is 3.71. The number of rotatable bonds is 6. The van der Waals surface area contributed by atoms with Crippen LogP contribution in [-0.2, 0) is 39.3 Å². The van der Waals surface area contributed by atoms with E-state index in [1.54, 1.807) is 6.92 Å². The van der Waals surface area contributed by atoms with Gasteiger partial charge in [0.15, 0.2) is 6.61 Å². The van der Waals surface area contributed by atoms with Gasteiger partial charge in [-0.05, 0) is 13.8 Å². The van der Waals surface area contributed by atoms with Crippen molar-refractivity contribution in [3.8, 4) is 0 Å². The second-order valence-electron chi connectivity index (χ2n) is 5.58. The number of carbonyl (C=O) groups is 2. The average molecular weight is 333 g/mol. The van der Waals surface area contributed by atoms with Crippen LogP contribution in [-0.4, -0.2) is 51.2 Å². The number of hydrogen-bond acceptors (Lipinski definition) is 8. The van der Waals surface area contributed by atoms with Crippen LogP contribution in [0.1, 0.15) is 26.7 Å². The molecule has 2 saturated heterocycles. The summed E-state index contributed by atoms with van der Waals surface area (Å²) in [5.41, 5.74) is -0.614. The van der Waals surface area contributed by atoms with Crippen molar-refractivity contribution < 1.29 is 36.7 Å². The van der Waals surface area contributed by atoms with E-state index in [1.165, 1.54) is 6.92 Å². The van der Waals surface area contributed by atoms with Gasteiger partial charge in [-0.1, -0.05) is 6.58 Å². The quantitative estimate of drug-likeness (QED) is 0.383. The molecule has 2 fully saturated rings. The van der Waals surface area contributed by atoms with Crippen LogP contribution in [0, 0.1) is 0 Å². The summed E-state index contributed by atoms with van der Waals surface area (Å²) in [7, 11) is 0. The summed E-state index contributed by atoms with van der Waals surface area (Å²) in [5, 5.41) is 0. The van der Waals surface area contributed by atoms with Crippen molar-refractivity contribution in [1.82, 2.24) is 0 Å². The molecule has 2 bridgehead atoms. The summed E-state index contributed by atoms with van der Waals surface area (Å²) in [5.74, 6) is -1.36. The molecular formula is C13H17O8S-. The van der Waals surface area contributed by atoms with E-state index in [1.807, 2.05) is 0 Å². The molecule has 2 heterocycles. The molecule has 0 radical (unpaired) electrons. The van der Waals surface area contributed by atoms with Gasteiger partial charge >= 0.3 is 11.9 Å². The topological polar surface area (TPSA) is 111 Å². The molecule has 9 heteroatoms. The van der Waals surface area contributed by atoms with Crippen molar-refractivity contribution in [1.29, 1.82) is 0 Å². The number of fused-ring (bicyclic) bond motifs is 2. The van der Waals surface area contributed by atoms with E-state index < -0.39 is 53.8 Å². The predicted molar refractivity (Wildman–Crippen MR) is 72.0 cm³/mol. The Morgan fingerprint density at radius 3 is 2.68 bits per heavy atom. The Kier molecular flexibility index (Phi) is 5.00. The Bertz CT molecular complexity index is 518. The van der Waals surface area contributed by atoms with Crippen LogP contribution in [0.5, 0.6) is 0 Å². The van der Waals surface area contributed by atoms with Gasteiger partial charge in [-0.2, -0.15) is 0 Å². The van der Waals surface area contributed by atoms with Crippen LogP contribution in [0.3, 0.4) is 0 Å². The molecule has 0 aromatic rings. The third-order valence-corrected chi connectivity index (χ3v) is 4.12. The summed E-state index contributed by atoms with van der Waals surface area (Å²) in [6.07, 6.45) is -0.917. The summed E-state index contributed by atoms with van der Waals surface area (Å²) in [6.45, 7) is 6.09. The Labute approximate surface area is 130 Å². The SMILES string of the molecule is C=C(C)C(=O)OCC(=O)OC1CC2OC1(C)CC2OS(=O)[O-]. The third kappa shape index (κ3) is 3.72. The van der Waals surface area contributed by atoms with Gasteiger partial charge < -0.3 is 18.8 Å². The smallest absolute Gasteiger partial charge is 0.344 e. The van der Waals surface area contributed by atoms with Crippen molar-refractivity contribution in [2.24, 2.45) is 0 Å². The fourth-order valence-corrected chi connectivity index (χ4v) is 3.07. The molecule has 5 atom stereocenters. The number of hydrogen-bond donors (Lipinski definition) is 0. The minimum atomic E-state index is -2.61. The number of ether oxygens (including phenoxy) is 3. The molecule has 0 N–H and O–H groups in total. The monoisotopic (exact) mass is 333 g/mol. The zero-order chi connectivity index (χ0) is 16.5. The van der Waals surface area contributed by atoms with E-state index in [9.17, 15) is 18.4 Å². The van der Waals surface area contributed by atoms with E-state index in [4.69, 9.17) is 18.4 Å². The molecule has 8 nitrogen and oxygen atoms in total. The molecule has 124 valence electrons. The zero-order valence-corrected chi connectivity index (χ0v) is 13.1. The molecule has 22 heavy (non-hydrogen) atoms. The Hall–Kier alpha value is -1.29. The normalized spacial score (nSPS) is 34.2. The Morgan fingerprint density at radius 1 is 1.50 bits per heavy atom. The lowest BCUT2D eigenvalue weighted by atomic mass is 9.85. The van der Waals surface area contributed by atoms with Crippen LogP contribution >= 0.6 is 0 Å².